The minimum absolute atomic E-state index is 0.258. The quantitative estimate of drug-likeness (QED) is 0.818. The number of likely N-dealkylation sites (tertiary alicyclic amines) is 1. The van der Waals surface area contributed by atoms with Gasteiger partial charge in [-0.05, 0) is 18.6 Å². The summed E-state index contributed by atoms with van der Waals surface area (Å²) in [6.07, 6.45) is 2.41. The maximum Gasteiger partial charge on any atom is 0.409 e. The molecule has 1 aliphatic heterocycles. The molecule has 1 amide bonds. The molecule has 5 nitrogen and oxygen atoms in total. The van der Waals surface area contributed by atoms with Crippen molar-refractivity contribution in [2.75, 3.05) is 25.5 Å². The van der Waals surface area contributed by atoms with E-state index in [1.54, 1.807) is 11.1 Å². The third-order valence-electron chi connectivity index (χ3n) is 2.64. The van der Waals surface area contributed by atoms with Crippen LogP contribution < -0.4 is 5.32 Å². The van der Waals surface area contributed by atoms with E-state index in [1.807, 2.05) is 18.2 Å². The summed E-state index contributed by atoms with van der Waals surface area (Å²) < 4.78 is 4.68. The Kier molecular flexibility index (Phi) is 3.24. The maximum absolute atomic E-state index is 11.3. The van der Waals surface area contributed by atoms with Gasteiger partial charge in [-0.15, -0.1) is 0 Å². The first-order valence-electron chi connectivity index (χ1n) is 5.30. The number of aromatic nitrogens is 1. The molecule has 0 spiro atoms. The van der Waals surface area contributed by atoms with Crippen LogP contribution in [0.4, 0.5) is 10.6 Å². The molecule has 1 saturated heterocycles. The molecule has 2 rings (SSSR count). The number of pyridine rings is 1. The minimum atomic E-state index is -0.259. The number of anilines is 1. The van der Waals surface area contributed by atoms with Gasteiger partial charge < -0.3 is 15.0 Å². The predicted octanol–water partition coefficient (Wildman–Crippen LogP) is 1.33. The number of methoxy groups -OCH3 is 1. The molecule has 0 saturated carbocycles. The van der Waals surface area contributed by atoms with E-state index >= 15 is 0 Å². The van der Waals surface area contributed by atoms with Gasteiger partial charge in [-0.2, -0.15) is 0 Å². The summed E-state index contributed by atoms with van der Waals surface area (Å²) in [5.74, 6) is 0.846. The highest BCUT2D eigenvalue weighted by molar-refractivity contribution is 5.68. The van der Waals surface area contributed by atoms with Crippen molar-refractivity contribution in [3.05, 3.63) is 24.4 Å². The number of rotatable bonds is 2. The molecular formula is C11H15N3O2. The van der Waals surface area contributed by atoms with Crippen molar-refractivity contribution < 1.29 is 9.53 Å². The molecule has 0 bridgehead atoms. The third-order valence-corrected chi connectivity index (χ3v) is 2.64. The van der Waals surface area contributed by atoms with Crippen LogP contribution in [-0.4, -0.2) is 42.2 Å². The van der Waals surface area contributed by atoms with Crippen molar-refractivity contribution in [2.24, 2.45) is 0 Å². The van der Waals surface area contributed by atoms with Crippen LogP contribution in [0.25, 0.3) is 0 Å². The van der Waals surface area contributed by atoms with Crippen LogP contribution in [0.1, 0.15) is 6.42 Å². The number of ether oxygens (including phenoxy) is 1. The van der Waals surface area contributed by atoms with Crippen LogP contribution in [-0.2, 0) is 4.74 Å². The van der Waals surface area contributed by atoms with Crippen LogP contribution >= 0.6 is 0 Å². The van der Waals surface area contributed by atoms with Crippen molar-refractivity contribution >= 4 is 11.9 Å². The third kappa shape index (κ3) is 2.42. The number of hydrogen-bond donors (Lipinski definition) is 1. The molecule has 2 heterocycles. The van der Waals surface area contributed by atoms with Crippen molar-refractivity contribution in [1.82, 2.24) is 9.88 Å². The highest BCUT2D eigenvalue weighted by Crippen LogP contribution is 2.14. The molecule has 0 aromatic carbocycles. The predicted molar refractivity (Wildman–Crippen MR) is 60.2 cm³/mol. The fourth-order valence-corrected chi connectivity index (χ4v) is 1.83. The van der Waals surface area contributed by atoms with Crippen molar-refractivity contribution in [3.8, 4) is 0 Å². The first-order valence-corrected chi connectivity index (χ1v) is 5.30. The zero-order valence-corrected chi connectivity index (χ0v) is 9.22. The van der Waals surface area contributed by atoms with E-state index in [0.717, 1.165) is 18.8 Å². The van der Waals surface area contributed by atoms with Gasteiger partial charge in [-0.25, -0.2) is 9.78 Å². The molecule has 0 aliphatic carbocycles. The van der Waals surface area contributed by atoms with E-state index in [1.165, 1.54) is 7.11 Å². The first-order chi connectivity index (χ1) is 7.79. The number of carbonyl (C=O) groups excluding carboxylic acids is 1. The van der Waals surface area contributed by atoms with Crippen LogP contribution in [0.3, 0.4) is 0 Å². The Bertz CT molecular complexity index is 356. The van der Waals surface area contributed by atoms with E-state index < -0.39 is 0 Å². The van der Waals surface area contributed by atoms with Gasteiger partial charge in [0.05, 0.1) is 7.11 Å². The highest BCUT2D eigenvalue weighted by Gasteiger charge is 2.26. The molecular weight excluding hydrogens is 206 g/mol. The van der Waals surface area contributed by atoms with E-state index in [2.05, 4.69) is 15.0 Å². The van der Waals surface area contributed by atoms with E-state index in [-0.39, 0.29) is 12.1 Å². The second-order valence-electron chi connectivity index (χ2n) is 3.76. The van der Waals surface area contributed by atoms with Gasteiger partial charge in [-0.3, -0.25) is 0 Å². The Balaban J connectivity index is 1.88. The van der Waals surface area contributed by atoms with Crippen LogP contribution in [0.5, 0.6) is 0 Å². The largest absolute Gasteiger partial charge is 0.453 e. The molecule has 5 heteroatoms. The van der Waals surface area contributed by atoms with Crippen LogP contribution in [0.2, 0.25) is 0 Å². The maximum atomic E-state index is 11.3. The zero-order valence-electron chi connectivity index (χ0n) is 9.22. The monoisotopic (exact) mass is 221 g/mol. The van der Waals surface area contributed by atoms with Crippen molar-refractivity contribution in [1.29, 1.82) is 0 Å². The highest BCUT2D eigenvalue weighted by atomic mass is 16.5. The molecule has 1 unspecified atom stereocenters. The normalized spacial score (nSPS) is 19.6. The Morgan fingerprint density at radius 1 is 1.62 bits per heavy atom. The number of nitrogens with one attached hydrogen (secondary N) is 1. The first kappa shape index (κ1) is 10.7. The van der Waals surface area contributed by atoms with Crippen LogP contribution in [0, 0.1) is 0 Å². The lowest BCUT2D eigenvalue weighted by Gasteiger charge is -2.15. The smallest absolute Gasteiger partial charge is 0.409 e. The standard InChI is InChI=1S/C11H15N3O2/c1-16-11(15)14-7-5-9(8-14)13-10-4-2-3-6-12-10/h2-4,6,9H,5,7-8H2,1H3,(H,12,13). The van der Waals surface area contributed by atoms with Gasteiger partial charge in [0.25, 0.3) is 0 Å². The minimum Gasteiger partial charge on any atom is -0.453 e. The summed E-state index contributed by atoms with van der Waals surface area (Å²) in [5.41, 5.74) is 0. The Labute approximate surface area is 94.4 Å². The molecule has 1 aromatic rings. The van der Waals surface area contributed by atoms with Gasteiger partial charge in [0.15, 0.2) is 0 Å². The van der Waals surface area contributed by atoms with Gasteiger partial charge in [0.2, 0.25) is 0 Å². The van der Waals surface area contributed by atoms with Crippen molar-refractivity contribution in [2.45, 2.75) is 12.5 Å². The molecule has 0 radical (unpaired) electrons. The lowest BCUT2D eigenvalue weighted by atomic mass is 10.2. The van der Waals surface area contributed by atoms with E-state index in [9.17, 15) is 4.79 Å². The molecule has 1 aromatic heterocycles. The van der Waals surface area contributed by atoms with E-state index in [4.69, 9.17) is 0 Å². The molecule has 1 atom stereocenters. The summed E-state index contributed by atoms with van der Waals surface area (Å²) in [7, 11) is 1.40. The number of amides is 1. The fourth-order valence-electron chi connectivity index (χ4n) is 1.83. The molecule has 1 N–H and O–H groups in total. The van der Waals surface area contributed by atoms with Crippen LogP contribution in [0.15, 0.2) is 24.4 Å². The SMILES string of the molecule is COC(=O)N1CCC(Nc2ccccn2)C1. The Morgan fingerprint density at radius 3 is 3.19 bits per heavy atom. The zero-order chi connectivity index (χ0) is 11.4. The summed E-state index contributed by atoms with van der Waals surface area (Å²) in [4.78, 5) is 17.2. The number of carbonyl (C=O) groups is 1. The van der Waals surface area contributed by atoms with E-state index in [0.29, 0.717) is 6.54 Å². The van der Waals surface area contributed by atoms with Gasteiger partial charge in [-0.1, -0.05) is 6.07 Å². The average molecular weight is 221 g/mol. The summed E-state index contributed by atoms with van der Waals surface area (Å²) >= 11 is 0. The lowest BCUT2D eigenvalue weighted by Crippen LogP contribution is -2.31. The Morgan fingerprint density at radius 2 is 2.50 bits per heavy atom. The number of hydrogen-bond acceptors (Lipinski definition) is 4. The number of nitrogens with zero attached hydrogens (tertiary/aromatic N) is 2. The Hall–Kier alpha value is -1.78. The van der Waals surface area contributed by atoms with Crippen molar-refractivity contribution in [3.63, 3.8) is 0 Å². The molecule has 1 aliphatic rings. The lowest BCUT2D eigenvalue weighted by molar-refractivity contribution is 0.133. The summed E-state index contributed by atoms with van der Waals surface area (Å²) in [6, 6.07) is 5.98. The molecule has 1 fully saturated rings. The topological polar surface area (TPSA) is 54.5 Å². The fraction of sp³-hybridized carbons (Fsp3) is 0.455. The van der Waals surface area contributed by atoms with Gasteiger partial charge >= 0.3 is 6.09 Å². The molecule has 16 heavy (non-hydrogen) atoms. The second-order valence-corrected chi connectivity index (χ2v) is 3.76. The average Bonchev–Trinajstić information content (AvgIpc) is 2.78. The molecule has 86 valence electrons. The van der Waals surface area contributed by atoms with Gasteiger partial charge in [0, 0.05) is 25.3 Å². The van der Waals surface area contributed by atoms with Gasteiger partial charge in [0.1, 0.15) is 5.82 Å². The second kappa shape index (κ2) is 4.83. The summed E-state index contributed by atoms with van der Waals surface area (Å²) in [5, 5.41) is 3.29. The summed E-state index contributed by atoms with van der Waals surface area (Å²) in [6.45, 7) is 1.40.